The quantitative estimate of drug-likeness (QED) is 0.932. The number of primary amides is 1. The number of thiazole rings is 1. The van der Waals surface area contributed by atoms with Crippen molar-refractivity contribution in [3.8, 4) is 0 Å². The van der Waals surface area contributed by atoms with Crippen molar-refractivity contribution < 1.29 is 9.59 Å². The van der Waals surface area contributed by atoms with Crippen LogP contribution in [-0.2, 0) is 5.54 Å². The summed E-state index contributed by atoms with van der Waals surface area (Å²) in [6.07, 6.45) is 2.00. The van der Waals surface area contributed by atoms with Crippen LogP contribution in [0.5, 0.6) is 0 Å². The maximum Gasteiger partial charge on any atom is 0.254 e. The smallest absolute Gasteiger partial charge is 0.254 e. The summed E-state index contributed by atoms with van der Waals surface area (Å²) in [5.41, 5.74) is 7.93. The first kappa shape index (κ1) is 15.3. The van der Waals surface area contributed by atoms with Crippen molar-refractivity contribution in [3.05, 3.63) is 51.0 Å². The van der Waals surface area contributed by atoms with Crippen LogP contribution in [-0.4, -0.2) is 28.2 Å². The molecule has 2 fully saturated rings. The van der Waals surface area contributed by atoms with Crippen LogP contribution >= 0.6 is 11.3 Å². The number of nitrogens with two attached hydrogens (primary N) is 1. The minimum Gasteiger partial charge on any atom is -0.366 e. The molecule has 2 atom stereocenters. The molecule has 1 aliphatic carbocycles. The van der Waals surface area contributed by atoms with Crippen molar-refractivity contribution in [2.75, 3.05) is 6.54 Å². The Morgan fingerprint density at radius 3 is 2.67 bits per heavy atom. The molecule has 0 unspecified atom stereocenters. The summed E-state index contributed by atoms with van der Waals surface area (Å²) in [5, 5.41) is 3.08. The number of hydrogen-bond donors (Lipinski definition) is 1. The van der Waals surface area contributed by atoms with E-state index in [4.69, 9.17) is 5.73 Å². The predicted molar refractivity (Wildman–Crippen MR) is 92.0 cm³/mol. The molecule has 1 saturated carbocycles. The second-order valence-electron chi connectivity index (χ2n) is 6.82. The Balaban J connectivity index is 1.71. The summed E-state index contributed by atoms with van der Waals surface area (Å²) in [6, 6.07) is 5.14. The predicted octanol–water partition coefficient (Wildman–Crippen LogP) is 2.62. The molecule has 6 heteroatoms. The maximum absolute atomic E-state index is 13.1. The van der Waals surface area contributed by atoms with Crippen LogP contribution in [0.15, 0.2) is 23.6 Å². The number of nitrogens with zero attached hydrogens (tertiary/aromatic N) is 2. The summed E-state index contributed by atoms with van der Waals surface area (Å²) in [5.74, 6) is -0.0368. The Morgan fingerprint density at radius 2 is 2.04 bits per heavy atom. The van der Waals surface area contributed by atoms with Crippen LogP contribution in [0.3, 0.4) is 0 Å². The normalized spacial score (nSPS) is 24.8. The van der Waals surface area contributed by atoms with E-state index < -0.39 is 5.91 Å². The van der Waals surface area contributed by atoms with Gasteiger partial charge in [0.2, 0.25) is 5.91 Å². The number of carbonyl (C=O) groups is 2. The van der Waals surface area contributed by atoms with Crippen molar-refractivity contribution in [3.63, 3.8) is 0 Å². The Bertz CT molecular complexity index is 860. The molecule has 5 nitrogen and oxygen atoms in total. The SMILES string of the molecule is Cc1cc(C(N)=O)cc(C(=O)N2CC[C@@H]3C[C@@]32c2nc(C)cs2)c1. The van der Waals surface area contributed by atoms with Gasteiger partial charge in [-0.1, -0.05) is 0 Å². The molecule has 1 saturated heterocycles. The molecule has 2 aromatic rings. The third-order valence-electron chi connectivity index (χ3n) is 5.10. The second kappa shape index (κ2) is 5.14. The summed E-state index contributed by atoms with van der Waals surface area (Å²) in [4.78, 5) is 31.2. The lowest BCUT2D eigenvalue weighted by Gasteiger charge is -2.27. The number of aromatic nitrogens is 1. The standard InChI is InChI=1S/C18H19N3O2S/c1-10-5-12(15(19)22)7-13(6-10)16(23)21-4-3-14-8-18(14,21)17-20-11(2)9-24-17/h5-7,9,14H,3-4,8H2,1-2H3,(H2,19,22)/t14-,18+/m1/s1. The number of benzene rings is 1. The molecule has 0 radical (unpaired) electrons. The molecule has 1 aromatic heterocycles. The Kier molecular flexibility index (Phi) is 3.28. The van der Waals surface area contributed by atoms with Gasteiger partial charge in [-0.3, -0.25) is 9.59 Å². The molecule has 1 aliphatic heterocycles. The van der Waals surface area contributed by atoms with Crippen LogP contribution in [0.2, 0.25) is 0 Å². The highest BCUT2D eigenvalue weighted by atomic mass is 32.1. The highest BCUT2D eigenvalue weighted by Gasteiger charge is 2.66. The zero-order valence-electron chi connectivity index (χ0n) is 13.7. The Morgan fingerprint density at radius 1 is 1.29 bits per heavy atom. The Hall–Kier alpha value is -2.21. The third-order valence-corrected chi connectivity index (χ3v) is 6.23. The van der Waals surface area contributed by atoms with Gasteiger partial charge < -0.3 is 10.6 Å². The molecule has 2 aliphatic rings. The fourth-order valence-corrected chi connectivity index (χ4v) is 4.99. The molecular formula is C18H19N3O2S. The largest absolute Gasteiger partial charge is 0.366 e. The van der Waals surface area contributed by atoms with Crippen molar-refractivity contribution in [2.45, 2.75) is 32.2 Å². The van der Waals surface area contributed by atoms with E-state index in [-0.39, 0.29) is 11.4 Å². The van der Waals surface area contributed by atoms with Gasteiger partial charge in [0.25, 0.3) is 5.91 Å². The third kappa shape index (κ3) is 2.17. The minimum absolute atomic E-state index is 0.0333. The average molecular weight is 341 g/mol. The van der Waals surface area contributed by atoms with E-state index in [1.807, 2.05) is 30.2 Å². The molecule has 0 spiro atoms. The number of hydrogen-bond acceptors (Lipinski definition) is 4. The van der Waals surface area contributed by atoms with E-state index in [1.165, 1.54) is 0 Å². The molecular weight excluding hydrogens is 322 g/mol. The molecule has 2 N–H and O–H groups in total. The summed E-state index contributed by atoms with van der Waals surface area (Å²) < 4.78 is 0. The van der Waals surface area contributed by atoms with Crippen LogP contribution in [0.25, 0.3) is 0 Å². The van der Waals surface area contributed by atoms with E-state index in [0.717, 1.165) is 35.7 Å². The minimum atomic E-state index is -0.510. The maximum atomic E-state index is 13.1. The van der Waals surface area contributed by atoms with Crippen molar-refractivity contribution >= 4 is 23.2 Å². The highest BCUT2D eigenvalue weighted by molar-refractivity contribution is 7.09. The van der Waals surface area contributed by atoms with Crippen LogP contribution in [0, 0.1) is 19.8 Å². The number of rotatable bonds is 3. The van der Waals surface area contributed by atoms with Gasteiger partial charge in [0.1, 0.15) is 5.01 Å². The van der Waals surface area contributed by atoms with Gasteiger partial charge >= 0.3 is 0 Å². The number of carbonyl (C=O) groups excluding carboxylic acids is 2. The van der Waals surface area contributed by atoms with Gasteiger partial charge in [-0.05, 0) is 56.4 Å². The number of fused-ring (bicyclic) bond motifs is 1. The lowest BCUT2D eigenvalue weighted by atomic mass is 10.0. The van der Waals surface area contributed by atoms with E-state index >= 15 is 0 Å². The molecule has 124 valence electrons. The van der Waals surface area contributed by atoms with Gasteiger partial charge in [0.05, 0.1) is 5.54 Å². The van der Waals surface area contributed by atoms with Gasteiger partial charge in [-0.15, -0.1) is 11.3 Å². The molecule has 1 aromatic carbocycles. The highest BCUT2D eigenvalue weighted by Crippen LogP contribution is 2.63. The van der Waals surface area contributed by atoms with Gasteiger partial charge in [0.15, 0.2) is 0 Å². The molecule has 2 amide bonds. The van der Waals surface area contributed by atoms with Crippen LogP contribution < -0.4 is 5.73 Å². The monoisotopic (exact) mass is 341 g/mol. The van der Waals surface area contributed by atoms with Crippen LogP contribution in [0.4, 0.5) is 0 Å². The van der Waals surface area contributed by atoms with Crippen molar-refractivity contribution in [1.82, 2.24) is 9.88 Å². The zero-order valence-corrected chi connectivity index (χ0v) is 14.5. The fourth-order valence-electron chi connectivity index (χ4n) is 3.89. The summed E-state index contributed by atoms with van der Waals surface area (Å²) in [7, 11) is 0. The van der Waals surface area contributed by atoms with Crippen molar-refractivity contribution in [1.29, 1.82) is 0 Å². The van der Waals surface area contributed by atoms with E-state index in [0.29, 0.717) is 17.0 Å². The second-order valence-corrected chi connectivity index (χ2v) is 7.67. The molecule has 24 heavy (non-hydrogen) atoms. The van der Waals surface area contributed by atoms with E-state index in [2.05, 4.69) is 4.98 Å². The Labute approximate surface area is 144 Å². The first-order chi connectivity index (χ1) is 11.4. The van der Waals surface area contributed by atoms with E-state index in [1.54, 1.807) is 23.5 Å². The van der Waals surface area contributed by atoms with Crippen LogP contribution in [0.1, 0.15) is 49.8 Å². The van der Waals surface area contributed by atoms with Crippen molar-refractivity contribution in [2.24, 2.45) is 11.7 Å². The molecule has 0 bridgehead atoms. The number of likely N-dealkylation sites (tertiary alicyclic amines) is 1. The summed E-state index contributed by atoms with van der Waals surface area (Å²) >= 11 is 1.64. The number of piperidine rings is 1. The van der Waals surface area contributed by atoms with Gasteiger partial charge in [-0.25, -0.2) is 4.98 Å². The zero-order chi connectivity index (χ0) is 17.1. The van der Waals surface area contributed by atoms with Gasteiger partial charge in [0, 0.05) is 28.7 Å². The fraction of sp³-hybridized carbons (Fsp3) is 0.389. The van der Waals surface area contributed by atoms with E-state index in [9.17, 15) is 9.59 Å². The summed E-state index contributed by atoms with van der Waals surface area (Å²) in [6.45, 7) is 4.59. The topological polar surface area (TPSA) is 76.3 Å². The van der Waals surface area contributed by atoms with Gasteiger partial charge in [-0.2, -0.15) is 0 Å². The molecule has 4 rings (SSSR count). The lowest BCUT2D eigenvalue weighted by molar-refractivity contribution is 0.0688. The molecule has 2 heterocycles. The first-order valence-corrected chi connectivity index (χ1v) is 8.96. The number of amides is 2. The lowest BCUT2D eigenvalue weighted by Crippen LogP contribution is -2.38. The average Bonchev–Trinajstić information content (AvgIpc) is 2.90. The number of aryl methyl sites for hydroxylation is 2. The first-order valence-electron chi connectivity index (χ1n) is 8.08.